The van der Waals surface area contributed by atoms with Crippen molar-refractivity contribution < 1.29 is 23.1 Å². The van der Waals surface area contributed by atoms with Crippen LogP contribution in [0.15, 0.2) is 6.07 Å². The van der Waals surface area contributed by atoms with E-state index >= 15 is 0 Å². The minimum Gasteiger partial charge on any atom is -0.383 e. The van der Waals surface area contributed by atoms with Gasteiger partial charge in [0.1, 0.15) is 17.2 Å². The van der Waals surface area contributed by atoms with Crippen LogP contribution in [0, 0.1) is 6.92 Å². The maximum absolute atomic E-state index is 13.6. The highest BCUT2D eigenvalue weighted by Gasteiger charge is 2.37. The Balaban J connectivity index is 1.96. The average molecular weight is 397 g/mol. The molecule has 0 aliphatic carbocycles. The molecule has 3 N–H and O–H groups in total. The molecule has 0 aromatic carbocycles. The van der Waals surface area contributed by atoms with Crippen molar-refractivity contribution in [2.45, 2.75) is 51.3 Å². The van der Waals surface area contributed by atoms with Crippen LogP contribution in [0.1, 0.15) is 49.7 Å². The number of fused-ring (bicyclic) bond motifs is 1. The third kappa shape index (κ3) is 3.87. The number of carbonyl (C=O) groups excluding carboxylic acids is 1. The van der Waals surface area contributed by atoms with Crippen molar-refractivity contribution in [3.63, 3.8) is 0 Å². The number of hydrogen-bond acceptors (Lipinski definition) is 6. The normalized spacial score (nSPS) is 16.6. The van der Waals surface area contributed by atoms with Crippen molar-refractivity contribution in [3.05, 3.63) is 23.1 Å². The number of hydrogen-bond donors (Lipinski definition) is 2. The van der Waals surface area contributed by atoms with Crippen molar-refractivity contribution in [3.8, 4) is 0 Å². The first kappa shape index (κ1) is 20.2. The number of carbonyl (C=O) groups is 1. The fourth-order valence-corrected chi connectivity index (χ4v) is 3.49. The summed E-state index contributed by atoms with van der Waals surface area (Å²) >= 11 is 0. The van der Waals surface area contributed by atoms with Gasteiger partial charge in [-0.05, 0) is 39.7 Å². The smallest absolute Gasteiger partial charge is 0.383 e. The molecule has 3 heterocycles. The van der Waals surface area contributed by atoms with E-state index in [1.165, 1.54) is 25.7 Å². The predicted molar refractivity (Wildman–Crippen MR) is 96.3 cm³/mol. The number of halogens is 3. The van der Waals surface area contributed by atoms with Gasteiger partial charge in [0.2, 0.25) is 0 Å². The highest BCUT2D eigenvalue weighted by Crippen LogP contribution is 2.39. The number of aliphatic hydroxyl groups is 1. The Morgan fingerprint density at radius 3 is 2.36 bits per heavy atom. The van der Waals surface area contributed by atoms with E-state index in [1.54, 1.807) is 0 Å². The molecule has 0 bridgehead atoms. The van der Waals surface area contributed by atoms with Crippen molar-refractivity contribution in [2.24, 2.45) is 0 Å². The molecule has 3 rings (SSSR count). The van der Waals surface area contributed by atoms with Crippen LogP contribution in [-0.2, 0) is 11.0 Å². The Bertz CT molecular complexity index is 916. The fourth-order valence-electron chi connectivity index (χ4n) is 3.49. The molecule has 0 unspecified atom stereocenters. The minimum atomic E-state index is -4.62. The van der Waals surface area contributed by atoms with Crippen LogP contribution in [0.25, 0.3) is 11.0 Å². The van der Waals surface area contributed by atoms with Crippen LogP contribution < -0.4 is 5.73 Å². The Labute approximate surface area is 159 Å². The topological polar surface area (TPSA) is 105 Å². The Morgan fingerprint density at radius 2 is 1.82 bits per heavy atom. The molecule has 10 heteroatoms. The first-order valence-corrected chi connectivity index (χ1v) is 8.91. The zero-order chi connectivity index (χ0) is 20.9. The van der Waals surface area contributed by atoms with Gasteiger partial charge in [0.15, 0.2) is 5.65 Å². The van der Waals surface area contributed by atoms with Gasteiger partial charge in [0, 0.05) is 24.7 Å². The quantitative estimate of drug-likeness (QED) is 0.806. The van der Waals surface area contributed by atoms with Gasteiger partial charge in [-0.2, -0.15) is 13.2 Å². The lowest BCUT2D eigenvalue weighted by Gasteiger charge is -2.35. The van der Waals surface area contributed by atoms with Gasteiger partial charge in [0.25, 0.3) is 5.91 Å². The number of piperidine rings is 1. The van der Waals surface area contributed by atoms with Crippen molar-refractivity contribution >= 4 is 22.8 Å². The summed E-state index contributed by atoms with van der Waals surface area (Å²) in [5.41, 5.74) is 3.52. The van der Waals surface area contributed by atoms with Crippen molar-refractivity contribution in [1.82, 2.24) is 19.9 Å². The molecule has 2 aromatic heterocycles. The molecule has 28 heavy (non-hydrogen) atoms. The molecular formula is C18H22F3N5O2. The first-order chi connectivity index (χ1) is 12.9. The molecule has 1 saturated heterocycles. The number of aromatic nitrogens is 3. The third-order valence-electron chi connectivity index (χ3n) is 4.86. The molecule has 0 atom stereocenters. The number of aryl methyl sites for hydroxylation is 1. The standard InChI is InChI=1S/C18H22F3N5O2/c1-9-23-14(22)13-11(18(19,20)21)8-12(25-15(13)24-9)10-4-6-26(7-5-10)16(27)17(2,3)28/h8,10,28H,4-7H2,1-3H3,(H2,22,23,24,25). The van der Waals surface area contributed by atoms with Crippen LogP contribution >= 0.6 is 0 Å². The molecule has 0 saturated carbocycles. The number of anilines is 1. The molecule has 0 radical (unpaired) electrons. The van der Waals surface area contributed by atoms with E-state index in [-0.39, 0.29) is 34.3 Å². The second kappa shape index (κ2) is 6.84. The van der Waals surface area contributed by atoms with Crippen LogP contribution in [0.5, 0.6) is 0 Å². The van der Waals surface area contributed by atoms with Crippen LogP contribution in [0.4, 0.5) is 19.0 Å². The maximum atomic E-state index is 13.6. The number of rotatable bonds is 2. The summed E-state index contributed by atoms with van der Waals surface area (Å²) in [5, 5.41) is 9.57. The average Bonchev–Trinajstić information content (AvgIpc) is 2.58. The monoisotopic (exact) mass is 397 g/mol. The lowest BCUT2D eigenvalue weighted by molar-refractivity contribution is -0.148. The number of likely N-dealkylation sites (tertiary alicyclic amines) is 1. The second-order valence-electron chi connectivity index (χ2n) is 7.57. The maximum Gasteiger partial charge on any atom is 0.417 e. The van der Waals surface area contributed by atoms with E-state index in [0.29, 0.717) is 25.9 Å². The van der Waals surface area contributed by atoms with Gasteiger partial charge >= 0.3 is 6.18 Å². The van der Waals surface area contributed by atoms with Gasteiger partial charge in [-0.15, -0.1) is 0 Å². The number of amides is 1. The van der Waals surface area contributed by atoms with Crippen molar-refractivity contribution in [2.75, 3.05) is 18.8 Å². The highest BCUT2D eigenvalue weighted by molar-refractivity contribution is 5.89. The molecule has 2 aromatic rings. The molecule has 0 spiro atoms. The van der Waals surface area contributed by atoms with E-state index in [2.05, 4.69) is 15.0 Å². The number of nitrogen functional groups attached to an aromatic ring is 1. The summed E-state index contributed by atoms with van der Waals surface area (Å²) in [6, 6.07) is 1.01. The predicted octanol–water partition coefficient (Wildman–Crippen LogP) is 2.41. The summed E-state index contributed by atoms with van der Waals surface area (Å²) in [6.45, 7) is 5.03. The van der Waals surface area contributed by atoms with Gasteiger partial charge in [-0.3, -0.25) is 4.79 Å². The molecule has 7 nitrogen and oxygen atoms in total. The van der Waals surface area contributed by atoms with E-state index in [0.717, 1.165) is 6.07 Å². The number of nitrogens with two attached hydrogens (primary N) is 1. The van der Waals surface area contributed by atoms with E-state index in [1.807, 2.05) is 0 Å². The zero-order valence-electron chi connectivity index (χ0n) is 15.8. The second-order valence-corrected chi connectivity index (χ2v) is 7.57. The lowest BCUT2D eigenvalue weighted by atomic mass is 9.91. The third-order valence-corrected chi connectivity index (χ3v) is 4.86. The van der Waals surface area contributed by atoms with Crippen molar-refractivity contribution in [1.29, 1.82) is 0 Å². The first-order valence-electron chi connectivity index (χ1n) is 8.91. The van der Waals surface area contributed by atoms with E-state index in [4.69, 9.17) is 5.73 Å². The van der Waals surface area contributed by atoms with Crippen LogP contribution in [-0.4, -0.2) is 49.6 Å². The minimum absolute atomic E-state index is 0.0789. The molecule has 1 amide bonds. The van der Waals surface area contributed by atoms with E-state index in [9.17, 15) is 23.1 Å². The van der Waals surface area contributed by atoms with Gasteiger partial charge in [-0.25, -0.2) is 15.0 Å². The zero-order valence-corrected chi connectivity index (χ0v) is 15.8. The molecule has 1 aliphatic heterocycles. The fraction of sp³-hybridized carbons (Fsp3) is 0.556. The summed E-state index contributed by atoms with van der Waals surface area (Å²) in [5.74, 6) is -0.662. The molecular weight excluding hydrogens is 375 g/mol. The Morgan fingerprint density at radius 1 is 1.21 bits per heavy atom. The summed E-state index contributed by atoms with van der Waals surface area (Å²) in [6.07, 6.45) is -3.74. The summed E-state index contributed by atoms with van der Waals surface area (Å²) < 4.78 is 40.9. The molecule has 1 aliphatic rings. The SMILES string of the molecule is Cc1nc(N)c2c(C(F)(F)F)cc(C3CCN(C(=O)C(C)(C)O)CC3)nc2n1. The number of alkyl halides is 3. The largest absolute Gasteiger partial charge is 0.417 e. The Kier molecular flexibility index (Phi) is 4.95. The van der Waals surface area contributed by atoms with Gasteiger partial charge in [-0.1, -0.05) is 0 Å². The number of nitrogens with zero attached hydrogens (tertiary/aromatic N) is 4. The van der Waals surface area contributed by atoms with E-state index < -0.39 is 23.2 Å². The van der Waals surface area contributed by atoms with Gasteiger partial charge in [0.05, 0.1) is 10.9 Å². The molecule has 152 valence electrons. The summed E-state index contributed by atoms with van der Waals surface area (Å²) in [4.78, 5) is 25.9. The lowest BCUT2D eigenvalue weighted by Crippen LogP contribution is -2.48. The highest BCUT2D eigenvalue weighted by atomic mass is 19.4. The van der Waals surface area contributed by atoms with Gasteiger partial charge < -0.3 is 15.7 Å². The number of pyridine rings is 1. The molecule has 1 fully saturated rings. The summed E-state index contributed by atoms with van der Waals surface area (Å²) in [7, 11) is 0. The van der Waals surface area contributed by atoms with Crippen LogP contribution in [0.3, 0.4) is 0 Å². The van der Waals surface area contributed by atoms with Crippen LogP contribution in [0.2, 0.25) is 0 Å². The Hall–Kier alpha value is -2.49.